The Morgan fingerprint density at radius 1 is 1.15 bits per heavy atom. The van der Waals surface area contributed by atoms with Crippen molar-refractivity contribution in [1.82, 2.24) is 15.1 Å². The van der Waals surface area contributed by atoms with Crippen molar-refractivity contribution >= 4 is 23.5 Å². The fourth-order valence-electron chi connectivity index (χ4n) is 3.90. The van der Waals surface area contributed by atoms with E-state index in [1.807, 2.05) is 0 Å². The first kappa shape index (κ1) is 17.8. The summed E-state index contributed by atoms with van der Waals surface area (Å²) in [7, 11) is 0. The van der Waals surface area contributed by atoms with Crippen LogP contribution in [-0.4, -0.2) is 65.9 Å². The number of rotatable bonds is 4. The van der Waals surface area contributed by atoms with Gasteiger partial charge in [0.25, 0.3) is 5.91 Å². The quantitative estimate of drug-likeness (QED) is 0.804. The van der Waals surface area contributed by atoms with Crippen molar-refractivity contribution in [2.45, 2.75) is 25.3 Å². The first-order valence-corrected chi connectivity index (χ1v) is 9.31. The van der Waals surface area contributed by atoms with Gasteiger partial charge in [0.15, 0.2) is 0 Å². The predicted octanol–water partition coefficient (Wildman–Crippen LogP) is 1.19. The van der Waals surface area contributed by atoms with Crippen LogP contribution < -0.4 is 10.2 Å². The number of carbonyl (C=O) groups is 3. The highest BCUT2D eigenvalue weighted by Gasteiger charge is 2.56. The summed E-state index contributed by atoms with van der Waals surface area (Å²) < 4.78 is 13.1. The highest BCUT2D eigenvalue weighted by molar-refractivity contribution is 6.09. The fourth-order valence-corrected chi connectivity index (χ4v) is 3.90. The Hall–Kier alpha value is -2.64. The number of urea groups is 1. The second-order valence-electron chi connectivity index (χ2n) is 7.64. The molecule has 2 saturated heterocycles. The molecule has 4 rings (SSSR count). The van der Waals surface area contributed by atoms with Crippen LogP contribution in [0.2, 0.25) is 0 Å². The zero-order valence-electron chi connectivity index (χ0n) is 15.3. The number of nitrogens with zero attached hydrogens (tertiary/aromatic N) is 3. The maximum Gasteiger partial charge on any atom is 0.325 e. The number of carbonyl (C=O) groups excluding carboxylic acids is 3. The summed E-state index contributed by atoms with van der Waals surface area (Å²) in [6.45, 7) is 3.77. The lowest BCUT2D eigenvalue weighted by Crippen LogP contribution is -2.52. The molecular weight excluding hydrogens is 351 g/mol. The molecule has 3 fully saturated rings. The fraction of sp³-hybridized carbons (Fsp3) is 0.526. The van der Waals surface area contributed by atoms with Crippen molar-refractivity contribution in [1.29, 1.82) is 0 Å². The van der Waals surface area contributed by atoms with Crippen LogP contribution in [0.1, 0.15) is 19.8 Å². The molecule has 27 heavy (non-hydrogen) atoms. The number of hydrogen-bond donors (Lipinski definition) is 1. The van der Waals surface area contributed by atoms with E-state index in [9.17, 15) is 18.8 Å². The summed E-state index contributed by atoms with van der Waals surface area (Å²) in [5, 5.41) is 2.76. The van der Waals surface area contributed by atoms with Crippen LogP contribution in [0.3, 0.4) is 0 Å². The number of nitrogens with one attached hydrogen (secondary N) is 1. The van der Waals surface area contributed by atoms with Crippen LogP contribution in [0, 0.1) is 11.7 Å². The van der Waals surface area contributed by atoms with E-state index in [4.69, 9.17) is 0 Å². The van der Waals surface area contributed by atoms with Gasteiger partial charge < -0.3 is 15.1 Å². The molecule has 4 amide bonds. The molecule has 0 radical (unpaired) electrons. The summed E-state index contributed by atoms with van der Waals surface area (Å²) in [6.07, 6.45) is 1.85. The Kier molecular flexibility index (Phi) is 4.28. The van der Waals surface area contributed by atoms with Gasteiger partial charge in [0.05, 0.1) is 0 Å². The Balaban J connectivity index is 1.34. The Morgan fingerprint density at radius 2 is 1.78 bits per heavy atom. The topological polar surface area (TPSA) is 73.0 Å². The third kappa shape index (κ3) is 3.24. The minimum Gasteiger partial charge on any atom is -0.368 e. The summed E-state index contributed by atoms with van der Waals surface area (Å²) in [5.41, 5.74) is 0.0522. The summed E-state index contributed by atoms with van der Waals surface area (Å²) in [6, 6.07) is 5.80. The highest BCUT2D eigenvalue weighted by Crippen LogP contribution is 2.42. The van der Waals surface area contributed by atoms with Crippen molar-refractivity contribution in [2.24, 2.45) is 5.92 Å². The lowest BCUT2D eigenvalue weighted by Gasteiger charge is -2.36. The Labute approximate surface area is 157 Å². The number of imide groups is 1. The van der Waals surface area contributed by atoms with Gasteiger partial charge >= 0.3 is 6.03 Å². The van der Waals surface area contributed by atoms with Gasteiger partial charge in [-0.25, -0.2) is 9.18 Å². The van der Waals surface area contributed by atoms with Gasteiger partial charge in [0.2, 0.25) is 5.91 Å². The van der Waals surface area contributed by atoms with Gasteiger partial charge in [-0.05, 0) is 49.9 Å². The van der Waals surface area contributed by atoms with Crippen LogP contribution in [0.15, 0.2) is 24.3 Å². The van der Waals surface area contributed by atoms with Gasteiger partial charge in [-0.15, -0.1) is 0 Å². The van der Waals surface area contributed by atoms with Gasteiger partial charge in [0, 0.05) is 31.9 Å². The third-order valence-electron chi connectivity index (χ3n) is 5.81. The molecule has 0 spiro atoms. The van der Waals surface area contributed by atoms with Crippen molar-refractivity contribution in [3.8, 4) is 0 Å². The van der Waals surface area contributed by atoms with Crippen molar-refractivity contribution in [3.05, 3.63) is 30.1 Å². The molecule has 1 atom stereocenters. The van der Waals surface area contributed by atoms with Crippen molar-refractivity contribution in [2.75, 3.05) is 37.6 Å². The van der Waals surface area contributed by atoms with Crippen LogP contribution in [-0.2, 0) is 9.59 Å². The highest BCUT2D eigenvalue weighted by atomic mass is 19.1. The molecule has 2 aliphatic heterocycles. The van der Waals surface area contributed by atoms with E-state index >= 15 is 0 Å². The van der Waals surface area contributed by atoms with Gasteiger partial charge in [0.1, 0.15) is 17.9 Å². The van der Waals surface area contributed by atoms with Gasteiger partial charge in [-0.1, -0.05) is 0 Å². The van der Waals surface area contributed by atoms with E-state index in [0.29, 0.717) is 26.2 Å². The maximum atomic E-state index is 13.1. The Bertz CT molecular complexity index is 772. The van der Waals surface area contributed by atoms with E-state index in [1.165, 1.54) is 12.1 Å². The SMILES string of the molecule is C[C@@]1(C2CC2)NC(=O)N(CC(=O)N2CCN(c3ccc(F)cc3)CC2)C1=O. The van der Waals surface area contributed by atoms with Crippen LogP contribution >= 0.6 is 0 Å². The van der Waals surface area contributed by atoms with Crippen LogP contribution in [0.25, 0.3) is 0 Å². The molecule has 0 unspecified atom stereocenters. The molecule has 0 aromatic heterocycles. The maximum absolute atomic E-state index is 13.1. The molecule has 1 N–H and O–H groups in total. The molecule has 7 nitrogen and oxygen atoms in total. The average Bonchev–Trinajstić information content (AvgIpc) is 3.48. The molecule has 1 aliphatic carbocycles. The number of benzene rings is 1. The lowest BCUT2D eigenvalue weighted by atomic mass is 9.96. The molecule has 1 saturated carbocycles. The van der Waals surface area contributed by atoms with Crippen molar-refractivity contribution < 1.29 is 18.8 Å². The summed E-state index contributed by atoms with van der Waals surface area (Å²) in [5.74, 6) is -0.627. The second kappa shape index (κ2) is 6.51. The molecule has 1 aromatic rings. The molecule has 0 bridgehead atoms. The summed E-state index contributed by atoms with van der Waals surface area (Å²) >= 11 is 0. The first-order chi connectivity index (χ1) is 12.9. The number of halogens is 1. The minimum atomic E-state index is -0.862. The van der Waals surface area contributed by atoms with E-state index in [2.05, 4.69) is 10.2 Å². The van der Waals surface area contributed by atoms with E-state index in [1.54, 1.807) is 24.0 Å². The molecule has 8 heteroatoms. The molecule has 3 aliphatic rings. The van der Waals surface area contributed by atoms with Crippen molar-refractivity contribution in [3.63, 3.8) is 0 Å². The van der Waals surface area contributed by atoms with Gasteiger partial charge in [-0.2, -0.15) is 0 Å². The number of piperazine rings is 1. The zero-order chi connectivity index (χ0) is 19.2. The minimum absolute atomic E-state index is 0.174. The standard InChI is InChI=1S/C19H23FN4O3/c1-19(13-2-3-13)17(26)24(18(27)21-19)12-16(25)23-10-8-22(9-11-23)15-6-4-14(20)5-7-15/h4-7,13H,2-3,8-12H2,1H3,(H,21,27)/t19-/m0/s1. The Morgan fingerprint density at radius 3 is 2.37 bits per heavy atom. The predicted molar refractivity (Wildman–Crippen MR) is 96.6 cm³/mol. The largest absolute Gasteiger partial charge is 0.368 e. The van der Waals surface area contributed by atoms with E-state index in [-0.39, 0.29) is 30.1 Å². The zero-order valence-corrected chi connectivity index (χ0v) is 15.3. The average molecular weight is 374 g/mol. The second-order valence-corrected chi connectivity index (χ2v) is 7.64. The molecule has 1 aromatic carbocycles. The van der Waals surface area contributed by atoms with Crippen LogP contribution in [0.4, 0.5) is 14.9 Å². The lowest BCUT2D eigenvalue weighted by molar-refractivity contribution is -0.139. The first-order valence-electron chi connectivity index (χ1n) is 9.31. The normalized spacial score (nSPS) is 25.8. The van der Waals surface area contributed by atoms with Crippen LogP contribution in [0.5, 0.6) is 0 Å². The van der Waals surface area contributed by atoms with Gasteiger partial charge in [-0.3, -0.25) is 14.5 Å². The number of amides is 4. The molecular formula is C19H23FN4O3. The monoisotopic (exact) mass is 374 g/mol. The van der Waals surface area contributed by atoms with E-state index in [0.717, 1.165) is 23.4 Å². The molecule has 2 heterocycles. The smallest absolute Gasteiger partial charge is 0.325 e. The van der Waals surface area contributed by atoms with E-state index < -0.39 is 11.6 Å². The summed E-state index contributed by atoms with van der Waals surface area (Å²) in [4.78, 5) is 42.3. The third-order valence-corrected chi connectivity index (χ3v) is 5.81. The number of anilines is 1. The molecule has 144 valence electrons. The number of hydrogen-bond acceptors (Lipinski definition) is 4.